The quantitative estimate of drug-likeness (QED) is 0.401. The fourth-order valence-electron chi connectivity index (χ4n) is 2.97. The Bertz CT molecular complexity index is 749. The highest BCUT2D eigenvalue weighted by molar-refractivity contribution is 7.80. The van der Waals surface area contributed by atoms with Gasteiger partial charge in [-0.3, -0.25) is 19.7 Å². The topological polar surface area (TPSA) is 87.7 Å². The number of esters is 1. The Hall–Kier alpha value is -2.48. The lowest BCUT2D eigenvalue weighted by molar-refractivity contribution is -0.147. The van der Waals surface area contributed by atoms with Crippen molar-refractivity contribution in [2.75, 3.05) is 19.7 Å². The van der Waals surface area contributed by atoms with Gasteiger partial charge < -0.3 is 15.0 Å². The molecule has 1 fully saturated rings. The van der Waals surface area contributed by atoms with E-state index in [0.717, 1.165) is 18.4 Å². The minimum Gasteiger partial charge on any atom is -0.466 e. The molecule has 0 spiro atoms. The van der Waals surface area contributed by atoms with Crippen molar-refractivity contribution < 1.29 is 19.1 Å². The molecule has 158 valence electrons. The predicted octanol–water partition coefficient (Wildman–Crippen LogP) is 2.36. The minimum atomic E-state index is -0.797. The Labute approximate surface area is 177 Å². The van der Waals surface area contributed by atoms with Crippen LogP contribution >= 0.6 is 12.2 Å². The summed E-state index contributed by atoms with van der Waals surface area (Å²) >= 11 is 5.37. The van der Waals surface area contributed by atoms with Crippen LogP contribution in [0.25, 0.3) is 0 Å². The van der Waals surface area contributed by atoms with Crippen LogP contribution in [0.2, 0.25) is 0 Å². The third-order valence-electron chi connectivity index (χ3n) is 4.77. The highest BCUT2D eigenvalue weighted by Gasteiger charge is 2.34. The van der Waals surface area contributed by atoms with Crippen LogP contribution < -0.4 is 10.6 Å². The molecule has 0 aliphatic carbocycles. The van der Waals surface area contributed by atoms with E-state index in [2.05, 4.69) is 24.5 Å². The molecule has 29 heavy (non-hydrogen) atoms. The number of piperazine rings is 1. The van der Waals surface area contributed by atoms with E-state index >= 15 is 0 Å². The van der Waals surface area contributed by atoms with Crippen LogP contribution in [0.5, 0.6) is 0 Å². The molecule has 1 atom stereocenters. The number of carbonyl (C=O) groups is 3. The Kier molecular flexibility index (Phi) is 8.57. The van der Waals surface area contributed by atoms with E-state index in [9.17, 15) is 14.4 Å². The standard InChI is InChI=1S/C21H29N3O4S/c1-4-5-12-28-18(25)13-17-20(27)22-10-11-24(17)21(29)23-19(26)16-8-6-15(7-9-16)14(2)3/h6-9,14,17H,4-5,10-13H2,1-3H3,(H,22,27)(H,23,26,29). The van der Waals surface area contributed by atoms with Crippen molar-refractivity contribution in [3.63, 3.8) is 0 Å². The summed E-state index contributed by atoms with van der Waals surface area (Å²) in [6, 6.07) is 6.52. The van der Waals surface area contributed by atoms with E-state index < -0.39 is 12.0 Å². The lowest BCUT2D eigenvalue weighted by atomic mass is 10.0. The van der Waals surface area contributed by atoms with Gasteiger partial charge in [0.1, 0.15) is 6.04 Å². The lowest BCUT2D eigenvalue weighted by Crippen LogP contribution is -2.60. The molecule has 1 aromatic rings. The number of nitrogens with one attached hydrogen (secondary N) is 2. The van der Waals surface area contributed by atoms with E-state index in [-0.39, 0.29) is 23.3 Å². The summed E-state index contributed by atoms with van der Waals surface area (Å²) in [5.41, 5.74) is 1.62. The van der Waals surface area contributed by atoms with Crippen molar-refractivity contribution in [3.05, 3.63) is 35.4 Å². The van der Waals surface area contributed by atoms with Crippen molar-refractivity contribution in [2.24, 2.45) is 0 Å². The molecule has 1 unspecified atom stereocenters. The SMILES string of the molecule is CCCCOC(=O)CC1C(=O)NCCN1C(=S)NC(=O)c1ccc(C(C)C)cc1. The molecule has 0 radical (unpaired) electrons. The van der Waals surface area contributed by atoms with Gasteiger partial charge >= 0.3 is 5.97 Å². The number of hydrogen-bond donors (Lipinski definition) is 2. The van der Waals surface area contributed by atoms with Crippen molar-refractivity contribution in [1.29, 1.82) is 0 Å². The first kappa shape index (κ1) is 22.8. The molecule has 1 saturated heterocycles. The highest BCUT2D eigenvalue weighted by Crippen LogP contribution is 2.15. The van der Waals surface area contributed by atoms with Gasteiger partial charge in [0, 0.05) is 18.7 Å². The molecule has 7 nitrogen and oxygen atoms in total. The molecule has 1 aromatic carbocycles. The summed E-state index contributed by atoms with van der Waals surface area (Å²) in [4.78, 5) is 38.5. The Morgan fingerprint density at radius 3 is 2.62 bits per heavy atom. The van der Waals surface area contributed by atoms with Gasteiger partial charge in [-0.25, -0.2) is 0 Å². The molecule has 0 aromatic heterocycles. The third-order valence-corrected chi connectivity index (χ3v) is 5.11. The largest absolute Gasteiger partial charge is 0.466 e. The zero-order chi connectivity index (χ0) is 21.4. The number of unbranched alkanes of at least 4 members (excludes halogenated alkanes) is 1. The number of carbonyl (C=O) groups excluding carboxylic acids is 3. The molecule has 1 heterocycles. The maximum atomic E-state index is 12.5. The highest BCUT2D eigenvalue weighted by atomic mass is 32.1. The second-order valence-corrected chi connectivity index (χ2v) is 7.70. The molecular formula is C21H29N3O4S. The smallest absolute Gasteiger partial charge is 0.308 e. The third kappa shape index (κ3) is 6.52. The van der Waals surface area contributed by atoms with E-state index in [0.29, 0.717) is 31.2 Å². The van der Waals surface area contributed by atoms with E-state index in [4.69, 9.17) is 17.0 Å². The molecule has 1 aliphatic rings. The maximum Gasteiger partial charge on any atom is 0.308 e. The van der Waals surface area contributed by atoms with Gasteiger partial charge in [0.25, 0.3) is 5.91 Å². The van der Waals surface area contributed by atoms with Crippen LogP contribution in [0.3, 0.4) is 0 Å². The molecule has 8 heteroatoms. The van der Waals surface area contributed by atoms with Gasteiger partial charge in [0.15, 0.2) is 5.11 Å². The second-order valence-electron chi connectivity index (χ2n) is 7.31. The summed E-state index contributed by atoms with van der Waals surface area (Å²) in [5, 5.41) is 5.54. The van der Waals surface area contributed by atoms with Gasteiger partial charge in [-0.2, -0.15) is 0 Å². The average Bonchev–Trinajstić information content (AvgIpc) is 2.69. The Morgan fingerprint density at radius 1 is 1.31 bits per heavy atom. The molecule has 2 amide bonds. The fourth-order valence-corrected chi connectivity index (χ4v) is 3.28. The fraction of sp³-hybridized carbons (Fsp3) is 0.524. The number of benzene rings is 1. The van der Waals surface area contributed by atoms with Crippen LogP contribution in [0.4, 0.5) is 0 Å². The second kappa shape index (κ2) is 10.9. The van der Waals surface area contributed by atoms with Crippen LogP contribution in [-0.2, 0) is 14.3 Å². The number of rotatable bonds is 7. The molecule has 2 N–H and O–H groups in total. The van der Waals surface area contributed by atoms with E-state index in [1.54, 1.807) is 17.0 Å². The monoisotopic (exact) mass is 419 g/mol. The van der Waals surface area contributed by atoms with Gasteiger partial charge in [-0.1, -0.05) is 39.3 Å². The van der Waals surface area contributed by atoms with Gasteiger partial charge in [0.2, 0.25) is 5.91 Å². The zero-order valence-corrected chi connectivity index (χ0v) is 18.0. The number of ether oxygens (including phenoxy) is 1. The van der Waals surface area contributed by atoms with Crippen LogP contribution in [0.1, 0.15) is 61.9 Å². The van der Waals surface area contributed by atoms with Crippen molar-refractivity contribution >= 4 is 35.1 Å². The number of amides is 2. The van der Waals surface area contributed by atoms with Gasteiger partial charge in [0.05, 0.1) is 13.0 Å². The van der Waals surface area contributed by atoms with Crippen LogP contribution in [0, 0.1) is 0 Å². The Balaban J connectivity index is 2.01. The van der Waals surface area contributed by atoms with Gasteiger partial charge in [-0.15, -0.1) is 0 Å². The Morgan fingerprint density at radius 2 is 2.00 bits per heavy atom. The number of nitrogens with zero attached hydrogens (tertiary/aromatic N) is 1. The van der Waals surface area contributed by atoms with Crippen molar-refractivity contribution in [2.45, 2.75) is 52.0 Å². The average molecular weight is 420 g/mol. The van der Waals surface area contributed by atoms with Gasteiger partial charge in [-0.05, 0) is 42.3 Å². The number of thiocarbonyl (C=S) groups is 1. The summed E-state index contributed by atoms with van der Waals surface area (Å²) in [6.07, 6.45) is 1.57. The summed E-state index contributed by atoms with van der Waals surface area (Å²) < 4.78 is 5.17. The summed E-state index contributed by atoms with van der Waals surface area (Å²) in [5.74, 6) is -0.732. The first-order valence-corrected chi connectivity index (χ1v) is 10.4. The first-order chi connectivity index (χ1) is 13.8. The normalized spacial score (nSPS) is 16.3. The van der Waals surface area contributed by atoms with E-state index in [1.165, 1.54) is 0 Å². The molecular weight excluding hydrogens is 390 g/mol. The minimum absolute atomic E-state index is 0.116. The van der Waals surface area contributed by atoms with Crippen LogP contribution in [0.15, 0.2) is 24.3 Å². The summed E-state index contributed by atoms with van der Waals surface area (Å²) in [6.45, 7) is 7.29. The molecule has 0 saturated carbocycles. The molecule has 1 aliphatic heterocycles. The zero-order valence-electron chi connectivity index (χ0n) is 17.2. The molecule has 2 rings (SSSR count). The van der Waals surface area contributed by atoms with Crippen LogP contribution in [-0.4, -0.2) is 53.5 Å². The maximum absolute atomic E-state index is 12.5. The lowest BCUT2D eigenvalue weighted by Gasteiger charge is -2.36. The number of hydrogen-bond acceptors (Lipinski definition) is 5. The van der Waals surface area contributed by atoms with Crippen molar-refractivity contribution in [3.8, 4) is 0 Å². The van der Waals surface area contributed by atoms with E-state index in [1.807, 2.05) is 19.1 Å². The molecule has 0 bridgehead atoms. The first-order valence-electron chi connectivity index (χ1n) is 9.98. The summed E-state index contributed by atoms with van der Waals surface area (Å²) in [7, 11) is 0. The predicted molar refractivity (Wildman–Crippen MR) is 115 cm³/mol. The van der Waals surface area contributed by atoms with Crippen molar-refractivity contribution in [1.82, 2.24) is 15.5 Å².